The third-order valence-electron chi connectivity index (χ3n) is 2.52. The van der Waals surface area contributed by atoms with E-state index in [0.717, 1.165) is 23.2 Å². The number of rotatable bonds is 6. The molecular formula is C12H19BrClNO2. The number of methoxy groups -OCH3 is 1. The first kappa shape index (κ1) is 16.7. The highest BCUT2D eigenvalue weighted by atomic mass is 79.9. The Kier molecular flexibility index (Phi) is 8.60. The van der Waals surface area contributed by atoms with Gasteiger partial charge in [0.25, 0.3) is 0 Å². The Labute approximate surface area is 117 Å². The Hall–Kier alpha value is -0.290. The lowest BCUT2D eigenvalue weighted by Gasteiger charge is -2.14. The van der Waals surface area contributed by atoms with E-state index >= 15 is 0 Å². The lowest BCUT2D eigenvalue weighted by atomic mass is 10.2. The van der Waals surface area contributed by atoms with Gasteiger partial charge in [-0.25, -0.2) is 0 Å². The van der Waals surface area contributed by atoms with E-state index in [1.165, 1.54) is 5.56 Å². The van der Waals surface area contributed by atoms with Crippen LogP contribution in [-0.4, -0.2) is 24.9 Å². The molecule has 0 amide bonds. The van der Waals surface area contributed by atoms with Gasteiger partial charge in [0, 0.05) is 12.6 Å². The highest BCUT2D eigenvalue weighted by Crippen LogP contribution is 2.25. The van der Waals surface area contributed by atoms with Gasteiger partial charge in [0.1, 0.15) is 5.75 Å². The van der Waals surface area contributed by atoms with Crippen LogP contribution in [0.5, 0.6) is 5.75 Å². The average molecular weight is 325 g/mol. The third-order valence-corrected chi connectivity index (χ3v) is 3.14. The first-order chi connectivity index (χ1) is 7.71. The summed E-state index contributed by atoms with van der Waals surface area (Å²) in [4.78, 5) is 0. The van der Waals surface area contributed by atoms with Crippen molar-refractivity contribution in [2.24, 2.45) is 0 Å². The predicted octanol–water partition coefficient (Wildman–Crippen LogP) is 2.74. The van der Waals surface area contributed by atoms with Crippen molar-refractivity contribution in [1.82, 2.24) is 5.32 Å². The minimum Gasteiger partial charge on any atom is -0.496 e. The zero-order valence-electron chi connectivity index (χ0n) is 10.1. The number of aliphatic hydroxyl groups is 1. The van der Waals surface area contributed by atoms with Crippen LogP contribution in [0.2, 0.25) is 0 Å². The van der Waals surface area contributed by atoms with Crippen LogP contribution in [0.25, 0.3) is 0 Å². The number of nitrogens with one attached hydrogen (secondary N) is 1. The molecule has 17 heavy (non-hydrogen) atoms. The normalized spacial score (nSPS) is 11.8. The van der Waals surface area contributed by atoms with Gasteiger partial charge in [-0.3, -0.25) is 0 Å². The molecule has 0 bridgehead atoms. The zero-order valence-corrected chi connectivity index (χ0v) is 12.5. The number of halogens is 2. The van der Waals surface area contributed by atoms with Crippen molar-refractivity contribution >= 4 is 28.3 Å². The number of ether oxygens (including phenoxy) is 1. The Balaban J connectivity index is 0.00000256. The van der Waals surface area contributed by atoms with Crippen molar-refractivity contribution in [2.45, 2.75) is 25.9 Å². The van der Waals surface area contributed by atoms with E-state index in [9.17, 15) is 0 Å². The van der Waals surface area contributed by atoms with Crippen molar-refractivity contribution in [3.8, 4) is 5.75 Å². The third kappa shape index (κ3) is 5.25. The monoisotopic (exact) mass is 323 g/mol. The summed E-state index contributed by atoms with van der Waals surface area (Å²) in [6.45, 7) is 2.98. The van der Waals surface area contributed by atoms with Gasteiger partial charge >= 0.3 is 0 Å². The van der Waals surface area contributed by atoms with Crippen LogP contribution in [-0.2, 0) is 6.54 Å². The molecule has 0 aliphatic carbocycles. The minimum absolute atomic E-state index is 0. The molecule has 98 valence electrons. The Morgan fingerprint density at radius 3 is 2.65 bits per heavy atom. The fraction of sp³-hybridized carbons (Fsp3) is 0.500. The van der Waals surface area contributed by atoms with E-state index in [-0.39, 0.29) is 25.1 Å². The summed E-state index contributed by atoms with van der Waals surface area (Å²) in [5, 5.41) is 12.3. The van der Waals surface area contributed by atoms with Gasteiger partial charge in [-0.1, -0.05) is 13.0 Å². The van der Waals surface area contributed by atoms with E-state index < -0.39 is 0 Å². The summed E-state index contributed by atoms with van der Waals surface area (Å²) >= 11 is 3.45. The molecule has 1 atom stereocenters. The maximum absolute atomic E-state index is 9.05. The molecule has 0 fully saturated rings. The van der Waals surface area contributed by atoms with Crippen LogP contribution >= 0.6 is 28.3 Å². The van der Waals surface area contributed by atoms with Gasteiger partial charge in [0.05, 0.1) is 18.2 Å². The van der Waals surface area contributed by atoms with Gasteiger partial charge in [-0.05, 0) is 40.0 Å². The second-order valence-corrected chi connectivity index (χ2v) is 4.49. The lowest BCUT2D eigenvalue weighted by Crippen LogP contribution is -2.31. The van der Waals surface area contributed by atoms with Gasteiger partial charge in [0.2, 0.25) is 0 Å². The van der Waals surface area contributed by atoms with E-state index in [1.807, 2.05) is 18.2 Å². The second kappa shape index (κ2) is 8.75. The summed E-state index contributed by atoms with van der Waals surface area (Å²) in [6, 6.07) is 6.14. The zero-order chi connectivity index (χ0) is 12.0. The van der Waals surface area contributed by atoms with Gasteiger partial charge in [0.15, 0.2) is 0 Å². The number of hydrogen-bond donors (Lipinski definition) is 2. The van der Waals surface area contributed by atoms with Crippen LogP contribution in [0.3, 0.4) is 0 Å². The molecule has 1 aromatic rings. The molecule has 0 heterocycles. The Morgan fingerprint density at radius 1 is 1.47 bits per heavy atom. The maximum atomic E-state index is 9.05. The highest BCUT2D eigenvalue weighted by Gasteiger charge is 2.05. The Bertz CT molecular complexity index is 332. The summed E-state index contributed by atoms with van der Waals surface area (Å²) in [7, 11) is 1.65. The fourth-order valence-electron chi connectivity index (χ4n) is 1.42. The Morgan fingerprint density at radius 2 is 2.18 bits per heavy atom. The predicted molar refractivity (Wildman–Crippen MR) is 75.9 cm³/mol. The van der Waals surface area contributed by atoms with E-state index in [1.54, 1.807) is 7.11 Å². The van der Waals surface area contributed by atoms with Crippen LogP contribution < -0.4 is 10.1 Å². The molecule has 1 rings (SSSR count). The lowest BCUT2D eigenvalue weighted by molar-refractivity contribution is 0.238. The van der Waals surface area contributed by atoms with Crippen LogP contribution in [0, 0.1) is 0 Å². The van der Waals surface area contributed by atoms with Crippen molar-refractivity contribution in [3.05, 3.63) is 28.2 Å². The number of benzene rings is 1. The molecule has 3 nitrogen and oxygen atoms in total. The molecule has 2 N–H and O–H groups in total. The SMILES string of the molecule is CCC(CO)NCc1ccc(OC)c(Br)c1.Cl. The summed E-state index contributed by atoms with van der Waals surface area (Å²) in [6.07, 6.45) is 0.924. The molecule has 0 aliphatic rings. The van der Waals surface area contributed by atoms with Crippen LogP contribution in [0.1, 0.15) is 18.9 Å². The highest BCUT2D eigenvalue weighted by molar-refractivity contribution is 9.10. The standard InChI is InChI=1S/C12H18BrNO2.ClH/c1-3-10(8-15)14-7-9-4-5-12(16-2)11(13)6-9;/h4-6,10,14-15H,3,7-8H2,1-2H3;1H. The molecule has 1 unspecified atom stereocenters. The molecule has 0 aliphatic heterocycles. The minimum atomic E-state index is 0. The largest absolute Gasteiger partial charge is 0.496 e. The van der Waals surface area contributed by atoms with Gasteiger partial charge < -0.3 is 15.2 Å². The van der Waals surface area contributed by atoms with Crippen LogP contribution in [0.15, 0.2) is 22.7 Å². The molecule has 0 radical (unpaired) electrons. The molecule has 0 saturated carbocycles. The van der Waals surface area contributed by atoms with Crippen molar-refractivity contribution in [3.63, 3.8) is 0 Å². The van der Waals surface area contributed by atoms with Gasteiger partial charge in [-0.2, -0.15) is 0 Å². The van der Waals surface area contributed by atoms with Crippen molar-refractivity contribution < 1.29 is 9.84 Å². The average Bonchev–Trinajstić information content (AvgIpc) is 2.30. The van der Waals surface area contributed by atoms with E-state index in [4.69, 9.17) is 9.84 Å². The van der Waals surface area contributed by atoms with E-state index in [2.05, 4.69) is 28.2 Å². The molecule has 5 heteroatoms. The summed E-state index contributed by atoms with van der Waals surface area (Å²) in [5.41, 5.74) is 1.17. The topological polar surface area (TPSA) is 41.5 Å². The second-order valence-electron chi connectivity index (χ2n) is 3.64. The number of hydrogen-bond acceptors (Lipinski definition) is 3. The molecular weight excluding hydrogens is 305 g/mol. The molecule has 0 spiro atoms. The summed E-state index contributed by atoms with van der Waals surface area (Å²) < 4.78 is 6.11. The molecule has 1 aromatic carbocycles. The van der Waals surface area contributed by atoms with Crippen LogP contribution in [0.4, 0.5) is 0 Å². The summed E-state index contributed by atoms with van der Waals surface area (Å²) in [5.74, 6) is 0.831. The molecule has 0 saturated heterocycles. The first-order valence-electron chi connectivity index (χ1n) is 5.38. The van der Waals surface area contributed by atoms with Crippen molar-refractivity contribution in [1.29, 1.82) is 0 Å². The smallest absolute Gasteiger partial charge is 0.133 e. The first-order valence-corrected chi connectivity index (χ1v) is 6.17. The van der Waals surface area contributed by atoms with Gasteiger partial charge in [-0.15, -0.1) is 12.4 Å². The fourth-order valence-corrected chi connectivity index (χ4v) is 2.01. The maximum Gasteiger partial charge on any atom is 0.133 e. The van der Waals surface area contributed by atoms with E-state index in [0.29, 0.717) is 0 Å². The van der Waals surface area contributed by atoms with Crippen molar-refractivity contribution in [2.75, 3.05) is 13.7 Å². The number of aliphatic hydroxyl groups excluding tert-OH is 1. The quantitative estimate of drug-likeness (QED) is 0.845. The molecule has 0 aromatic heterocycles.